The Hall–Kier alpha value is -1.01. The fourth-order valence-corrected chi connectivity index (χ4v) is 4.67. The van der Waals surface area contributed by atoms with E-state index >= 15 is 0 Å². The summed E-state index contributed by atoms with van der Waals surface area (Å²) in [5.41, 5.74) is 0.466. The third kappa shape index (κ3) is 2.05. The van der Waals surface area contributed by atoms with Gasteiger partial charge in [-0.05, 0) is 19.3 Å². The molecule has 5 nitrogen and oxygen atoms in total. The smallest absolute Gasteiger partial charge is 0.276 e. The summed E-state index contributed by atoms with van der Waals surface area (Å²) in [6.07, 6.45) is 3.70. The Kier molecular flexibility index (Phi) is 2.86. The molecule has 1 saturated carbocycles. The molecule has 0 unspecified atom stereocenters. The van der Waals surface area contributed by atoms with E-state index in [0.717, 1.165) is 43.9 Å². The van der Waals surface area contributed by atoms with Crippen LogP contribution in [0.5, 0.6) is 0 Å². The average Bonchev–Trinajstić information content (AvgIpc) is 3.01. The molecule has 1 aliphatic carbocycles. The van der Waals surface area contributed by atoms with Crippen LogP contribution in [0.2, 0.25) is 0 Å². The van der Waals surface area contributed by atoms with Crippen LogP contribution in [-0.2, 0) is 4.74 Å². The van der Waals surface area contributed by atoms with Crippen molar-refractivity contribution < 1.29 is 14.1 Å². The molecular weight excluding hydrogens is 276 g/mol. The Morgan fingerprint density at radius 1 is 1.55 bits per heavy atom. The number of ether oxygens (including phenoxy) is 1. The molecule has 1 aromatic heterocycles. The maximum Gasteiger partial charge on any atom is 0.276 e. The summed E-state index contributed by atoms with van der Waals surface area (Å²) in [6, 6.07) is 1.82. The van der Waals surface area contributed by atoms with Gasteiger partial charge in [0.2, 0.25) is 0 Å². The van der Waals surface area contributed by atoms with Gasteiger partial charge in [-0.15, -0.1) is 11.8 Å². The first kappa shape index (κ1) is 12.7. The lowest BCUT2D eigenvalue weighted by atomic mass is 9.92. The van der Waals surface area contributed by atoms with Crippen molar-refractivity contribution >= 4 is 17.7 Å². The molecule has 1 atom stereocenters. The molecule has 2 saturated heterocycles. The van der Waals surface area contributed by atoms with Gasteiger partial charge >= 0.3 is 0 Å². The van der Waals surface area contributed by atoms with Gasteiger partial charge in [0.15, 0.2) is 5.69 Å². The lowest BCUT2D eigenvalue weighted by Crippen LogP contribution is -2.60. The molecular formula is C14H18N2O3S. The number of nitrogens with zero attached hydrogens (tertiary/aromatic N) is 2. The summed E-state index contributed by atoms with van der Waals surface area (Å²) in [7, 11) is 1.76. The second-order valence-electron chi connectivity index (χ2n) is 6.11. The molecule has 3 fully saturated rings. The van der Waals surface area contributed by atoms with E-state index in [4.69, 9.17) is 9.26 Å². The van der Waals surface area contributed by atoms with Gasteiger partial charge in [0.1, 0.15) is 5.76 Å². The number of likely N-dealkylation sites (tertiary alicyclic amines) is 1. The molecule has 0 bridgehead atoms. The zero-order valence-electron chi connectivity index (χ0n) is 11.5. The second-order valence-corrected chi connectivity index (χ2v) is 7.59. The van der Waals surface area contributed by atoms with Crippen LogP contribution in [0.1, 0.15) is 41.4 Å². The number of amides is 1. The van der Waals surface area contributed by atoms with Gasteiger partial charge in [0.05, 0.1) is 10.9 Å². The topological polar surface area (TPSA) is 55.6 Å². The van der Waals surface area contributed by atoms with Crippen molar-refractivity contribution in [2.45, 2.75) is 36.0 Å². The number of hydrogen-bond donors (Lipinski definition) is 0. The number of thioether (sulfide) groups is 1. The molecule has 1 amide bonds. The SMILES string of the molecule is CO[C@@H]1CSC2(C1)CN(C(=O)c1cc(C3CC3)on1)C2. The van der Waals surface area contributed by atoms with Crippen LogP contribution in [0.3, 0.4) is 0 Å². The van der Waals surface area contributed by atoms with E-state index in [1.165, 1.54) is 0 Å². The highest BCUT2D eigenvalue weighted by molar-refractivity contribution is 8.01. The average molecular weight is 294 g/mol. The van der Waals surface area contributed by atoms with E-state index in [1.807, 2.05) is 22.7 Å². The number of carbonyl (C=O) groups excluding carboxylic acids is 1. The second kappa shape index (κ2) is 4.49. The van der Waals surface area contributed by atoms with Gasteiger partial charge in [-0.25, -0.2) is 0 Å². The van der Waals surface area contributed by atoms with Crippen LogP contribution in [0.15, 0.2) is 10.6 Å². The summed E-state index contributed by atoms with van der Waals surface area (Å²) in [5.74, 6) is 2.42. The highest BCUT2D eigenvalue weighted by Gasteiger charge is 2.51. The van der Waals surface area contributed by atoms with Crippen LogP contribution in [0.4, 0.5) is 0 Å². The molecule has 4 rings (SSSR count). The number of aromatic nitrogens is 1. The van der Waals surface area contributed by atoms with Crippen LogP contribution >= 0.6 is 11.8 Å². The van der Waals surface area contributed by atoms with Crippen LogP contribution in [-0.4, -0.2) is 52.8 Å². The molecule has 20 heavy (non-hydrogen) atoms. The molecule has 0 aromatic carbocycles. The normalized spacial score (nSPS) is 27.9. The van der Waals surface area contributed by atoms with Crippen molar-refractivity contribution in [1.82, 2.24) is 10.1 Å². The quantitative estimate of drug-likeness (QED) is 0.852. The van der Waals surface area contributed by atoms with Crippen LogP contribution in [0.25, 0.3) is 0 Å². The first-order chi connectivity index (χ1) is 9.69. The first-order valence-corrected chi connectivity index (χ1v) is 8.10. The van der Waals surface area contributed by atoms with E-state index < -0.39 is 0 Å². The Labute approximate surface area is 122 Å². The first-order valence-electron chi connectivity index (χ1n) is 7.12. The van der Waals surface area contributed by atoms with E-state index in [-0.39, 0.29) is 10.7 Å². The fraction of sp³-hybridized carbons (Fsp3) is 0.714. The van der Waals surface area contributed by atoms with E-state index in [2.05, 4.69) is 5.16 Å². The van der Waals surface area contributed by atoms with Crippen molar-refractivity contribution in [2.24, 2.45) is 0 Å². The van der Waals surface area contributed by atoms with Gasteiger partial charge in [0.25, 0.3) is 5.91 Å². The number of methoxy groups -OCH3 is 1. The number of hydrogen-bond acceptors (Lipinski definition) is 5. The predicted molar refractivity (Wildman–Crippen MR) is 75.0 cm³/mol. The maximum absolute atomic E-state index is 12.3. The van der Waals surface area contributed by atoms with Crippen molar-refractivity contribution in [3.05, 3.63) is 17.5 Å². The highest BCUT2D eigenvalue weighted by atomic mass is 32.2. The number of carbonyl (C=O) groups is 1. The molecule has 0 radical (unpaired) electrons. The summed E-state index contributed by atoms with van der Waals surface area (Å²) in [5, 5.41) is 3.93. The largest absolute Gasteiger partial charge is 0.381 e. The Morgan fingerprint density at radius 3 is 3.00 bits per heavy atom. The third-order valence-corrected chi connectivity index (χ3v) is 6.06. The minimum atomic E-state index is 0.00717. The standard InChI is InChI=1S/C14H18N2O3S/c1-18-10-5-14(20-6-10)7-16(8-14)13(17)11-4-12(19-15-11)9-2-3-9/h4,9-10H,2-3,5-8H2,1H3/t10-/m0/s1. The van der Waals surface area contributed by atoms with E-state index in [9.17, 15) is 4.79 Å². The zero-order valence-corrected chi connectivity index (χ0v) is 12.3. The van der Waals surface area contributed by atoms with Crippen molar-refractivity contribution in [3.63, 3.8) is 0 Å². The summed E-state index contributed by atoms with van der Waals surface area (Å²) < 4.78 is 10.9. The van der Waals surface area contributed by atoms with Crippen LogP contribution < -0.4 is 0 Å². The zero-order chi connectivity index (χ0) is 13.7. The molecule has 108 valence electrons. The highest BCUT2D eigenvalue weighted by Crippen LogP contribution is 2.46. The van der Waals surface area contributed by atoms with E-state index in [0.29, 0.717) is 17.7 Å². The molecule has 1 aromatic rings. The molecule has 6 heteroatoms. The van der Waals surface area contributed by atoms with Crippen molar-refractivity contribution in [2.75, 3.05) is 26.0 Å². The predicted octanol–water partition coefficient (Wildman–Crippen LogP) is 1.90. The Bertz CT molecular complexity index is 534. The molecule has 1 spiro atoms. The summed E-state index contributed by atoms with van der Waals surface area (Å²) in [4.78, 5) is 14.2. The fourth-order valence-electron chi connectivity index (χ4n) is 3.08. The van der Waals surface area contributed by atoms with Gasteiger partial charge < -0.3 is 14.2 Å². The summed E-state index contributed by atoms with van der Waals surface area (Å²) >= 11 is 1.94. The Balaban J connectivity index is 1.38. The molecule has 0 N–H and O–H groups in total. The monoisotopic (exact) mass is 294 g/mol. The van der Waals surface area contributed by atoms with Crippen molar-refractivity contribution in [3.8, 4) is 0 Å². The van der Waals surface area contributed by atoms with Gasteiger partial charge in [0, 0.05) is 37.9 Å². The van der Waals surface area contributed by atoms with Gasteiger partial charge in [-0.1, -0.05) is 5.16 Å². The van der Waals surface area contributed by atoms with Crippen molar-refractivity contribution in [1.29, 1.82) is 0 Å². The van der Waals surface area contributed by atoms with Crippen LogP contribution in [0, 0.1) is 0 Å². The Morgan fingerprint density at radius 2 is 2.35 bits per heavy atom. The molecule has 3 heterocycles. The lowest BCUT2D eigenvalue weighted by Gasteiger charge is -2.47. The maximum atomic E-state index is 12.3. The number of rotatable bonds is 3. The minimum absolute atomic E-state index is 0.00717. The summed E-state index contributed by atoms with van der Waals surface area (Å²) in [6.45, 7) is 1.62. The molecule has 3 aliphatic rings. The minimum Gasteiger partial charge on any atom is -0.381 e. The van der Waals surface area contributed by atoms with Gasteiger partial charge in [-0.2, -0.15) is 0 Å². The third-order valence-electron chi connectivity index (χ3n) is 4.48. The van der Waals surface area contributed by atoms with Gasteiger partial charge in [-0.3, -0.25) is 4.79 Å². The molecule has 2 aliphatic heterocycles. The van der Waals surface area contributed by atoms with E-state index in [1.54, 1.807) is 7.11 Å². The lowest BCUT2D eigenvalue weighted by molar-refractivity contribution is 0.0443.